The van der Waals surface area contributed by atoms with Crippen LogP contribution in [0.15, 0.2) is 66.0 Å². The summed E-state index contributed by atoms with van der Waals surface area (Å²) in [4.78, 5) is 49.4. The van der Waals surface area contributed by atoms with Crippen molar-refractivity contribution in [2.75, 3.05) is 20.1 Å². The molecule has 2 fully saturated rings. The number of ether oxygens (including phenoxy) is 1. The number of rotatable bonds is 8. The Kier molecular flexibility index (Phi) is 9.17. The van der Waals surface area contributed by atoms with Gasteiger partial charge in [0.2, 0.25) is 11.8 Å². The maximum atomic E-state index is 14.3. The van der Waals surface area contributed by atoms with Crippen molar-refractivity contribution < 1.29 is 19.1 Å². The van der Waals surface area contributed by atoms with Gasteiger partial charge in [-0.05, 0) is 31.4 Å². The molecule has 3 aromatic rings. The first-order valence-corrected chi connectivity index (χ1v) is 15.7. The molecule has 2 aromatic carbocycles. The summed E-state index contributed by atoms with van der Waals surface area (Å²) in [5.41, 5.74) is 2.28. The third-order valence-corrected chi connectivity index (χ3v) is 9.46. The predicted octanol–water partition coefficient (Wildman–Crippen LogP) is 4.65. The molecule has 0 radical (unpaired) electrons. The molecule has 0 spiro atoms. The van der Waals surface area contributed by atoms with E-state index in [1.807, 2.05) is 91.7 Å². The summed E-state index contributed by atoms with van der Waals surface area (Å²) in [6.45, 7) is 8.70. The maximum Gasteiger partial charge on any atom is 0.410 e. The normalized spacial score (nSPS) is 21.3. The van der Waals surface area contributed by atoms with Crippen LogP contribution in [0.25, 0.3) is 11.3 Å². The number of nitrogens with zero attached hydrogens (tertiary/aromatic N) is 3. The Morgan fingerprint density at radius 1 is 1.05 bits per heavy atom. The number of likely N-dealkylation sites (tertiary alicyclic amines) is 2. The summed E-state index contributed by atoms with van der Waals surface area (Å²) < 4.78 is 5.77. The Balaban J connectivity index is 1.44. The average Bonchev–Trinajstić information content (AvgIpc) is 3.75. The standard InChI is InChI=1S/C33H41N5O4S/c1-21(34-5)29(39)36-28(33(2,3)4)31(40)37-17-16-26-27(37)24(30-35-25(20-43-30)23-14-10-7-11-15-23)18-38(26)32(41)42-19-22-12-8-6-9-13-22/h6-15,20-21,24,26-28,34H,16-19H2,1-5H3,(H,36,39)/t21-,24-,26+,27+,28+/m0/s1. The maximum absolute atomic E-state index is 14.3. The Hall–Kier alpha value is -3.76. The van der Waals surface area contributed by atoms with Crippen LogP contribution in [-0.2, 0) is 20.9 Å². The molecule has 0 aliphatic carbocycles. The van der Waals surface area contributed by atoms with Crippen molar-refractivity contribution in [2.45, 2.75) is 70.8 Å². The molecule has 2 saturated heterocycles. The molecule has 5 atom stereocenters. The summed E-state index contributed by atoms with van der Waals surface area (Å²) in [5.74, 6) is -0.551. The van der Waals surface area contributed by atoms with E-state index in [1.54, 1.807) is 30.2 Å². The van der Waals surface area contributed by atoms with Gasteiger partial charge in [-0.15, -0.1) is 11.3 Å². The first kappa shape index (κ1) is 30.7. The van der Waals surface area contributed by atoms with Crippen LogP contribution in [0, 0.1) is 5.41 Å². The van der Waals surface area contributed by atoms with E-state index in [2.05, 4.69) is 10.6 Å². The molecule has 5 rings (SSSR count). The van der Waals surface area contributed by atoms with Crippen LogP contribution in [0.3, 0.4) is 0 Å². The highest BCUT2D eigenvalue weighted by atomic mass is 32.1. The number of fused-ring (bicyclic) bond motifs is 1. The minimum Gasteiger partial charge on any atom is -0.445 e. The van der Waals surface area contributed by atoms with E-state index in [0.717, 1.165) is 21.8 Å². The smallest absolute Gasteiger partial charge is 0.410 e. The SMILES string of the molecule is CN[C@@H](C)C(=O)N[C@H](C(=O)N1CC[C@@H]2[C@H]1[C@@H](c1nc(-c3ccccc3)cs1)CN2C(=O)OCc1ccccc1)C(C)(C)C. The second kappa shape index (κ2) is 12.9. The highest BCUT2D eigenvalue weighted by Crippen LogP contribution is 2.43. The van der Waals surface area contributed by atoms with Gasteiger partial charge in [0, 0.05) is 24.0 Å². The summed E-state index contributed by atoms with van der Waals surface area (Å²) in [6.07, 6.45) is 0.237. The predicted molar refractivity (Wildman–Crippen MR) is 167 cm³/mol. The van der Waals surface area contributed by atoms with E-state index in [0.29, 0.717) is 19.5 Å². The van der Waals surface area contributed by atoms with E-state index < -0.39 is 17.5 Å². The van der Waals surface area contributed by atoms with Crippen LogP contribution in [0.2, 0.25) is 0 Å². The molecule has 1 aromatic heterocycles. The van der Waals surface area contributed by atoms with Crippen LogP contribution in [0.4, 0.5) is 4.79 Å². The van der Waals surface area contributed by atoms with E-state index in [-0.39, 0.29) is 42.5 Å². The molecule has 0 bridgehead atoms. The van der Waals surface area contributed by atoms with Gasteiger partial charge in [-0.1, -0.05) is 81.4 Å². The number of hydrogen-bond acceptors (Lipinski definition) is 7. The molecule has 2 N–H and O–H groups in total. The number of likely N-dealkylation sites (N-methyl/N-ethyl adjacent to an activating group) is 1. The second-order valence-corrected chi connectivity index (χ2v) is 13.3. The lowest BCUT2D eigenvalue weighted by atomic mass is 9.85. The van der Waals surface area contributed by atoms with Crippen molar-refractivity contribution >= 4 is 29.2 Å². The van der Waals surface area contributed by atoms with E-state index in [4.69, 9.17) is 9.72 Å². The van der Waals surface area contributed by atoms with Crippen molar-refractivity contribution in [1.82, 2.24) is 25.4 Å². The van der Waals surface area contributed by atoms with Gasteiger partial charge in [0.15, 0.2) is 0 Å². The number of benzene rings is 2. The highest BCUT2D eigenvalue weighted by molar-refractivity contribution is 7.10. The van der Waals surface area contributed by atoms with Crippen molar-refractivity contribution in [1.29, 1.82) is 0 Å². The van der Waals surface area contributed by atoms with Gasteiger partial charge in [0.25, 0.3) is 0 Å². The summed E-state index contributed by atoms with van der Waals surface area (Å²) >= 11 is 1.55. The van der Waals surface area contributed by atoms with Gasteiger partial charge in [-0.25, -0.2) is 9.78 Å². The number of carbonyl (C=O) groups is 3. The largest absolute Gasteiger partial charge is 0.445 e. The van der Waals surface area contributed by atoms with Crippen molar-refractivity contribution in [3.63, 3.8) is 0 Å². The zero-order valence-corrected chi connectivity index (χ0v) is 26.3. The fourth-order valence-electron chi connectivity index (χ4n) is 5.99. The number of nitrogens with one attached hydrogen (secondary N) is 2. The number of hydrogen-bond donors (Lipinski definition) is 2. The molecular formula is C33H41N5O4S. The molecule has 0 saturated carbocycles. The molecular weight excluding hydrogens is 562 g/mol. The van der Waals surface area contributed by atoms with E-state index >= 15 is 0 Å². The number of aromatic nitrogens is 1. The quantitative estimate of drug-likeness (QED) is 0.389. The molecule has 43 heavy (non-hydrogen) atoms. The summed E-state index contributed by atoms with van der Waals surface area (Å²) in [7, 11) is 1.72. The van der Waals surface area contributed by atoms with Crippen molar-refractivity contribution in [3.05, 3.63) is 76.6 Å². The van der Waals surface area contributed by atoms with Crippen LogP contribution < -0.4 is 10.6 Å². The van der Waals surface area contributed by atoms with E-state index in [9.17, 15) is 14.4 Å². The molecule has 0 unspecified atom stereocenters. The third-order valence-electron chi connectivity index (χ3n) is 8.48. The fourth-order valence-corrected chi connectivity index (χ4v) is 6.95. The number of thiazole rings is 1. The van der Waals surface area contributed by atoms with Gasteiger partial charge < -0.3 is 25.2 Å². The summed E-state index contributed by atoms with van der Waals surface area (Å²) in [6, 6.07) is 17.9. The third kappa shape index (κ3) is 6.60. The molecule has 228 valence electrons. The lowest BCUT2D eigenvalue weighted by Gasteiger charge is -2.37. The lowest BCUT2D eigenvalue weighted by molar-refractivity contribution is -0.140. The fraction of sp³-hybridized carbons (Fsp3) is 0.455. The van der Waals surface area contributed by atoms with Gasteiger partial charge in [0.05, 0.1) is 29.7 Å². The van der Waals surface area contributed by atoms with Crippen molar-refractivity contribution in [3.8, 4) is 11.3 Å². The molecule has 9 nitrogen and oxygen atoms in total. The first-order chi connectivity index (χ1) is 20.6. The highest BCUT2D eigenvalue weighted by Gasteiger charge is 2.55. The monoisotopic (exact) mass is 603 g/mol. The Bertz CT molecular complexity index is 1420. The van der Waals surface area contributed by atoms with Gasteiger partial charge in [0.1, 0.15) is 17.7 Å². The minimum absolute atomic E-state index is 0.138. The summed E-state index contributed by atoms with van der Waals surface area (Å²) in [5, 5.41) is 8.88. The Labute approximate surface area is 257 Å². The molecule has 2 aliphatic rings. The van der Waals surface area contributed by atoms with Crippen molar-refractivity contribution in [2.24, 2.45) is 5.41 Å². The molecule has 3 amide bonds. The molecule has 10 heteroatoms. The molecule has 3 heterocycles. The van der Waals surface area contributed by atoms with Crippen LogP contribution in [0.5, 0.6) is 0 Å². The average molecular weight is 604 g/mol. The number of amides is 3. The van der Waals surface area contributed by atoms with Crippen LogP contribution >= 0.6 is 11.3 Å². The number of carbonyl (C=O) groups excluding carboxylic acids is 3. The second-order valence-electron chi connectivity index (χ2n) is 12.4. The lowest BCUT2D eigenvalue weighted by Crippen LogP contribution is -2.59. The van der Waals surface area contributed by atoms with E-state index in [1.165, 1.54) is 0 Å². The van der Waals surface area contributed by atoms with Gasteiger partial charge in [-0.2, -0.15) is 0 Å². The minimum atomic E-state index is -0.731. The van der Waals surface area contributed by atoms with Crippen LogP contribution in [0.1, 0.15) is 50.6 Å². The Morgan fingerprint density at radius 3 is 2.37 bits per heavy atom. The topological polar surface area (TPSA) is 104 Å². The zero-order valence-electron chi connectivity index (χ0n) is 25.4. The molecule has 2 aliphatic heterocycles. The Morgan fingerprint density at radius 2 is 1.72 bits per heavy atom. The van der Waals surface area contributed by atoms with Gasteiger partial charge >= 0.3 is 6.09 Å². The first-order valence-electron chi connectivity index (χ1n) is 14.8. The zero-order chi connectivity index (χ0) is 30.7. The van der Waals surface area contributed by atoms with Crippen LogP contribution in [-0.4, -0.2) is 77.0 Å². The van der Waals surface area contributed by atoms with Gasteiger partial charge in [-0.3, -0.25) is 9.59 Å².